The van der Waals surface area contributed by atoms with Gasteiger partial charge in [0.1, 0.15) is 0 Å². The number of rotatable bonds is 11. The minimum atomic E-state index is -2.41. The Labute approximate surface area is 174 Å². The molecule has 27 heavy (non-hydrogen) atoms. The van der Waals surface area contributed by atoms with E-state index in [-0.39, 0.29) is 0 Å². The van der Waals surface area contributed by atoms with Crippen LogP contribution in [0.2, 0.25) is 58.4 Å². The van der Waals surface area contributed by atoms with E-state index in [1.54, 1.807) is 0 Å². The quantitative estimate of drug-likeness (QED) is 0.492. The second-order valence-corrected chi connectivity index (χ2v) is 25.7. The molecule has 0 amide bonds. The van der Waals surface area contributed by atoms with Crippen molar-refractivity contribution in [2.24, 2.45) is 0 Å². The van der Waals surface area contributed by atoms with Crippen LogP contribution in [0.25, 0.3) is 0 Å². The van der Waals surface area contributed by atoms with Crippen LogP contribution < -0.4 is 9.96 Å². The predicted molar refractivity (Wildman–Crippen MR) is 127 cm³/mol. The largest absolute Gasteiger partial charge is 0.499 e. The molecule has 11 heteroatoms. The Bertz CT molecular complexity index is 607. The molecule has 0 radical (unpaired) electrons. The second kappa shape index (κ2) is 9.50. The first kappa shape index (κ1) is 25.5. The molecule has 5 nitrogen and oxygen atoms in total. The van der Waals surface area contributed by atoms with E-state index in [2.05, 4.69) is 59.3 Å². The molecular formula is C16H37BO5SSi4. The Morgan fingerprint density at radius 3 is 1.96 bits per heavy atom. The van der Waals surface area contributed by atoms with Gasteiger partial charge in [0, 0.05) is 4.78 Å². The number of thiophene rings is 1. The monoisotopic (exact) mass is 464 g/mol. The Hall–Kier alpha value is 0.432. The van der Waals surface area contributed by atoms with Gasteiger partial charge in [-0.3, -0.25) is 0 Å². The van der Waals surface area contributed by atoms with Gasteiger partial charge in [0.15, 0.2) is 8.32 Å². The van der Waals surface area contributed by atoms with Crippen LogP contribution in [0, 0.1) is 0 Å². The van der Waals surface area contributed by atoms with Gasteiger partial charge < -0.3 is 22.4 Å². The van der Waals surface area contributed by atoms with Crippen LogP contribution in [0.4, 0.5) is 0 Å². The Balaban J connectivity index is 2.82. The van der Waals surface area contributed by atoms with Crippen molar-refractivity contribution in [2.45, 2.75) is 78.2 Å². The van der Waals surface area contributed by atoms with Gasteiger partial charge in [-0.1, -0.05) is 25.8 Å². The summed E-state index contributed by atoms with van der Waals surface area (Å²) in [6.07, 6.45) is 2.40. The summed E-state index contributed by atoms with van der Waals surface area (Å²) in [6.45, 7) is 19.5. The fourth-order valence-corrected chi connectivity index (χ4v) is 24.1. The van der Waals surface area contributed by atoms with Crippen LogP contribution in [0.15, 0.2) is 11.4 Å². The first-order valence-electron chi connectivity index (χ1n) is 9.65. The average molecular weight is 465 g/mol. The molecule has 0 aromatic carbocycles. The lowest BCUT2D eigenvalue weighted by atomic mass is 9.90. The first-order chi connectivity index (χ1) is 12.1. The van der Waals surface area contributed by atoms with Crippen molar-refractivity contribution in [1.29, 1.82) is 0 Å². The molecule has 156 valence electrons. The SMILES string of the molecule is CCCC[Si](C)(C)O[Si](C)(C)O[Si](C)(C)O[Si](C)(C)c1csc(B(O)O)c1. The predicted octanol–water partition coefficient (Wildman–Crippen LogP) is 3.30. The third kappa shape index (κ3) is 8.76. The van der Waals surface area contributed by atoms with E-state index < -0.39 is 40.9 Å². The molecule has 0 spiro atoms. The van der Waals surface area contributed by atoms with E-state index in [0.29, 0.717) is 4.78 Å². The van der Waals surface area contributed by atoms with Gasteiger partial charge in [-0.05, 0) is 69.0 Å². The Morgan fingerprint density at radius 1 is 0.926 bits per heavy atom. The summed E-state index contributed by atoms with van der Waals surface area (Å²) >= 11 is 1.36. The summed E-state index contributed by atoms with van der Waals surface area (Å²) in [5.74, 6) is 0. The smallest absolute Gasteiger partial charge is 0.436 e. The summed E-state index contributed by atoms with van der Waals surface area (Å²) in [5.41, 5.74) is 0. The molecule has 0 saturated heterocycles. The summed E-state index contributed by atoms with van der Waals surface area (Å²) in [6, 6.07) is 3.01. The van der Waals surface area contributed by atoms with E-state index >= 15 is 0 Å². The van der Waals surface area contributed by atoms with Gasteiger partial charge in [0.25, 0.3) is 0 Å². The van der Waals surface area contributed by atoms with E-state index in [9.17, 15) is 10.0 Å². The molecule has 0 aliphatic rings. The normalized spacial score (nSPS) is 13.9. The molecule has 0 aliphatic carbocycles. The van der Waals surface area contributed by atoms with Gasteiger partial charge in [-0.15, -0.1) is 0 Å². The van der Waals surface area contributed by atoms with Crippen molar-refractivity contribution < 1.29 is 22.4 Å². The maximum atomic E-state index is 9.38. The van der Waals surface area contributed by atoms with Crippen molar-refractivity contribution in [3.63, 3.8) is 0 Å². The highest BCUT2D eigenvalue weighted by molar-refractivity contribution is 7.22. The zero-order valence-electron chi connectivity index (χ0n) is 18.4. The number of hydrogen-bond acceptors (Lipinski definition) is 6. The summed E-state index contributed by atoms with van der Waals surface area (Å²) in [4.78, 5) is 0. The topological polar surface area (TPSA) is 68.2 Å². The van der Waals surface area contributed by atoms with E-state index in [0.717, 1.165) is 11.2 Å². The van der Waals surface area contributed by atoms with Crippen molar-refractivity contribution in [3.05, 3.63) is 11.4 Å². The molecule has 0 bridgehead atoms. The van der Waals surface area contributed by atoms with Crippen LogP contribution in [0.5, 0.6) is 0 Å². The summed E-state index contributed by atoms with van der Waals surface area (Å²) in [7, 11) is -10.1. The average Bonchev–Trinajstić information content (AvgIpc) is 2.92. The minimum Gasteiger partial charge on any atom is -0.436 e. The first-order valence-corrected chi connectivity index (χ1v) is 22.2. The molecule has 0 aliphatic heterocycles. The molecule has 1 rings (SSSR count). The van der Waals surface area contributed by atoms with E-state index in [4.69, 9.17) is 12.3 Å². The van der Waals surface area contributed by atoms with Crippen molar-refractivity contribution in [3.8, 4) is 0 Å². The zero-order chi connectivity index (χ0) is 21.1. The molecule has 1 heterocycles. The van der Waals surface area contributed by atoms with Crippen molar-refractivity contribution >= 4 is 62.2 Å². The maximum Gasteiger partial charge on any atom is 0.499 e. The van der Waals surface area contributed by atoms with Gasteiger partial charge in [-0.2, -0.15) is 11.3 Å². The third-order valence-corrected chi connectivity index (χ3v) is 20.8. The Kier molecular flexibility index (Phi) is 8.96. The fourth-order valence-electron chi connectivity index (χ4n) is 3.43. The van der Waals surface area contributed by atoms with Gasteiger partial charge >= 0.3 is 24.2 Å². The standard InChI is InChI=1S/C16H37BO5SSi4/c1-10-11-12-24(2,3)20-26(6,7)22-27(8,9)21-25(4,5)15-13-16(17(18)19)23-14-15/h13-14,18-19H,10-12H2,1-9H3. The number of hydrogen-bond donors (Lipinski definition) is 2. The van der Waals surface area contributed by atoms with Crippen molar-refractivity contribution in [2.75, 3.05) is 0 Å². The highest BCUT2D eigenvalue weighted by atomic mass is 32.1. The maximum absolute atomic E-state index is 9.38. The van der Waals surface area contributed by atoms with E-state index in [1.165, 1.54) is 24.2 Å². The van der Waals surface area contributed by atoms with Crippen LogP contribution >= 0.6 is 11.3 Å². The lowest BCUT2D eigenvalue weighted by Gasteiger charge is -2.41. The molecule has 0 atom stereocenters. The van der Waals surface area contributed by atoms with Gasteiger partial charge in [0.05, 0.1) is 0 Å². The van der Waals surface area contributed by atoms with E-state index in [1.807, 2.05) is 11.4 Å². The van der Waals surface area contributed by atoms with Crippen LogP contribution in [-0.4, -0.2) is 50.9 Å². The summed E-state index contributed by atoms with van der Waals surface area (Å²) < 4.78 is 20.3. The van der Waals surface area contributed by atoms with Crippen LogP contribution in [-0.2, 0) is 12.3 Å². The molecule has 0 unspecified atom stereocenters. The lowest BCUT2D eigenvalue weighted by molar-refractivity contribution is 0.330. The highest BCUT2D eigenvalue weighted by Crippen LogP contribution is 2.26. The molecule has 1 aromatic heterocycles. The summed E-state index contributed by atoms with van der Waals surface area (Å²) in [5, 5.41) is 21.8. The molecule has 1 aromatic rings. The zero-order valence-corrected chi connectivity index (χ0v) is 23.2. The third-order valence-electron chi connectivity index (χ3n) is 4.22. The minimum absolute atomic E-state index is 0.552. The highest BCUT2D eigenvalue weighted by Gasteiger charge is 2.44. The number of unbranched alkanes of at least 4 members (excludes halogenated alkanes) is 1. The molecular weight excluding hydrogens is 427 g/mol. The van der Waals surface area contributed by atoms with Crippen LogP contribution in [0.3, 0.4) is 0 Å². The van der Waals surface area contributed by atoms with Crippen LogP contribution in [0.1, 0.15) is 19.8 Å². The fraction of sp³-hybridized carbons (Fsp3) is 0.750. The molecule has 0 fully saturated rings. The van der Waals surface area contributed by atoms with Crippen molar-refractivity contribution in [1.82, 2.24) is 0 Å². The lowest BCUT2D eigenvalue weighted by Crippen LogP contribution is -2.59. The Morgan fingerprint density at radius 2 is 1.48 bits per heavy atom. The molecule has 0 saturated carbocycles. The second-order valence-electron chi connectivity index (χ2n) is 9.09. The van der Waals surface area contributed by atoms with Gasteiger partial charge in [-0.25, -0.2) is 0 Å². The van der Waals surface area contributed by atoms with Gasteiger partial charge in [0.2, 0.25) is 8.32 Å². The molecule has 2 N–H and O–H groups in total.